The Kier molecular flexibility index (Phi) is 4.19. The molecular weight excluding hydrogens is 328 g/mol. The Morgan fingerprint density at radius 2 is 1.92 bits per heavy atom. The predicted molar refractivity (Wildman–Crippen MR) is 100 cm³/mol. The summed E-state index contributed by atoms with van der Waals surface area (Å²) < 4.78 is 12.9. The molecule has 0 saturated carbocycles. The number of aryl methyl sites for hydroxylation is 1. The SMILES string of the molecule is Cn1c(C(=O)Nc2cccc(COc3ccccc3)c2)cc2occc21. The Balaban J connectivity index is 1.47. The van der Waals surface area contributed by atoms with E-state index in [1.165, 1.54) is 0 Å². The Hall–Kier alpha value is -3.47. The van der Waals surface area contributed by atoms with Crippen molar-refractivity contribution in [3.63, 3.8) is 0 Å². The molecule has 0 saturated heterocycles. The first-order chi connectivity index (χ1) is 12.7. The van der Waals surface area contributed by atoms with Gasteiger partial charge in [-0.15, -0.1) is 0 Å². The summed E-state index contributed by atoms with van der Waals surface area (Å²) in [6, 6.07) is 20.9. The van der Waals surface area contributed by atoms with Crippen LogP contribution in [0.15, 0.2) is 77.4 Å². The highest BCUT2D eigenvalue weighted by Crippen LogP contribution is 2.21. The summed E-state index contributed by atoms with van der Waals surface area (Å²) in [6.45, 7) is 0.435. The molecule has 5 nitrogen and oxygen atoms in total. The highest BCUT2D eigenvalue weighted by molar-refractivity contribution is 6.05. The molecule has 26 heavy (non-hydrogen) atoms. The molecule has 130 valence electrons. The molecule has 1 N–H and O–H groups in total. The minimum absolute atomic E-state index is 0.181. The van der Waals surface area contributed by atoms with Crippen LogP contribution in [0.25, 0.3) is 11.1 Å². The van der Waals surface area contributed by atoms with Gasteiger partial charge in [0.05, 0.1) is 11.8 Å². The largest absolute Gasteiger partial charge is 0.489 e. The van der Waals surface area contributed by atoms with Crippen molar-refractivity contribution in [2.45, 2.75) is 6.61 Å². The van der Waals surface area contributed by atoms with Crippen LogP contribution in [0.3, 0.4) is 0 Å². The van der Waals surface area contributed by atoms with Gasteiger partial charge in [0.2, 0.25) is 0 Å². The molecule has 0 aliphatic carbocycles. The number of carbonyl (C=O) groups excluding carboxylic acids is 1. The van der Waals surface area contributed by atoms with Crippen molar-refractivity contribution in [2.75, 3.05) is 5.32 Å². The maximum absolute atomic E-state index is 12.6. The third kappa shape index (κ3) is 3.19. The topological polar surface area (TPSA) is 56.4 Å². The van der Waals surface area contributed by atoms with Gasteiger partial charge in [-0.05, 0) is 29.8 Å². The second kappa shape index (κ2) is 6.80. The molecule has 2 aromatic heterocycles. The Morgan fingerprint density at radius 1 is 1.08 bits per heavy atom. The average Bonchev–Trinajstić information content (AvgIpc) is 3.24. The average molecular weight is 346 g/mol. The minimum atomic E-state index is -0.181. The normalized spacial score (nSPS) is 10.8. The van der Waals surface area contributed by atoms with Gasteiger partial charge in [0.1, 0.15) is 18.1 Å². The fraction of sp³-hybridized carbons (Fsp3) is 0.0952. The smallest absolute Gasteiger partial charge is 0.272 e. The molecule has 0 radical (unpaired) electrons. The second-order valence-electron chi connectivity index (χ2n) is 6.01. The number of benzene rings is 2. The molecule has 4 aromatic rings. The van der Waals surface area contributed by atoms with Crippen molar-refractivity contribution in [3.8, 4) is 5.75 Å². The third-order valence-electron chi connectivity index (χ3n) is 4.23. The van der Waals surface area contributed by atoms with Gasteiger partial charge in [0.15, 0.2) is 5.58 Å². The summed E-state index contributed by atoms with van der Waals surface area (Å²) in [7, 11) is 1.84. The molecule has 0 spiro atoms. The van der Waals surface area contributed by atoms with Crippen LogP contribution < -0.4 is 10.1 Å². The lowest BCUT2D eigenvalue weighted by atomic mass is 10.2. The second-order valence-corrected chi connectivity index (χ2v) is 6.01. The van der Waals surface area contributed by atoms with Crippen LogP contribution in [-0.4, -0.2) is 10.5 Å². The minimum Gasteiger partial charge on any atom is -0.489 e. The van der Waals surface area contributed by atoms with Gasteiger partial charge in [-0.3, -0.25) is 4.79 Å². The zero-order valence-electron chi connectivity index (χ0n) is 14.3. The fourth-order valence-electron chi connectivity index (χ4n) is 2.89. The molecule has 1 amide bonds. The van der Waals surface area contributed by atoms with Gasteiger partial charge >= 0.3 is 0 Å². The van der Waals surface area contributed by atoms with Gasteiger partial charge in [-0.1, -0.05) is 30.3 Å². The summed E-state index contributed by atoms with van der Waals surface area (Å²) >= 11 is 0. The lowest BCUT2D eigenvalue weighted by molar-refractivity contribution is 0.101. The number of nitrogens with one attached hydrogen (secondary N) is 1. The number of hydrogen-bond acceptors (Lipinski definition) is 3. The molecule has 2 aromatic carbocycles. The van der Waals surface area contributed by atoms with E-state index < -0.39 is 0 Å². The highest BCUT2D eigenvalue weighted by atomic mass is 16.5. The third-order valence-corrected chi connectivity index (χ3v) is 4.23. The number of para-hydroxylation sites is 1. The molecule has 0 bridgehead atoms. The van der Waals surface area contributed by atoms with Crippen LogP contribution in [0.2, 0.25) is 0 Å². The van der Waals surface area contributed by atoms with E-state index in [1.54, 1.807) is 12.3 Å². The number of aromatic nitrogens is 1. The number of furan rings is 1. The molecule has 0 aliphatic heterocycles. The lowest BCUT2D eigenvalue weighted by Gasteiger charge is -2.09. The van der Waals surface area contributed by atoms with E-state index in [9.17, 15) is 4.79 Å². The molecule has 0 fully saturated rings. The zero-order valence-corrected chi connectivity index (χ0v) is 14.3. The number of hydrogen-bond donors (Lipinski definition) is 1. The highest BCUT2D eigenvalue weighted by Gasteiger charge is 2.15. The standard InChI is InChI=1S/C21H18N2O3/c1-23-18-10-11-25-20(18)13-19(23)21(24)22-16-7-5-6-15(12-16)14-26-17-8-3-2-4-9-17/h2-13H,14H2,1H3,(H,22,24). The Bertz CT molecular complexity index is 1050. The van der Waals surface area contributed by atoms with Crippen molar-refractivity contribution in [1.82, 2.24) is 4.57 Å². The fourth-order valence-corrected chi connectivity index (χ4v) is 2.89. The van der Waals surface area contributed by atoms with Crippen molar-refractivity contribution < 1.29 is 13.9 Å². The summed E-state index contributed by atoms with van der Waals surface area (Å²) in [5.41, 5.74) is 3.84. The zero-order chi connectivity index (χ0) is 17.9. The van der Waals surface area contributed by atoms with Crippen LogP contribution >= 0.6 is 0 Å². The number of rotatable bonds is 5. The number of anilines is 1. The van der Waals surface area contributed by atoms with Crippen LogP contribution in [-0.2, 0) is 13.7 Å². The number of fused-ring (bicyclic) bond motifs is 1. The summed E-state index contributed by atoms with van der Waals surface area (Å²) in [5.74, 6) is 0.633. The maximum Gasteiger partial charge on any atom is 0.272 e. The van der Waals surface area contributed by atoms with Gasteiger partial charge in [0, 0.05) is 24.9 Å². The number of nitrogens with zero attached hydrogens (tertiary/aromatic N) is 1. The van der Waals surface area contributed by atoms with E-state index in [4.69, 9.17) is 9.15 Å². The molecule has 5 heteroatoms. The van der Waals surface area contributed by atoms with E-state index in [0.29, 0.717) is 17.9 Å². The quantitative estimate of drug-likeness (QED) is 0.574. The molecule has 2 heterocycles. The first-order valence-electron chi connectivity index (χ1n) is 8.32. The Morgan fingerprint density at radius 3 is 2.73 bits per heavy atom. The number of carbonyl (C=O) groups is 1. The van der Waals surface area contributed by atoms with E-state index in [-0.39, 0.29) is 5.91 Å². The van der Waals surface area contributed by atoms with E-state index >= 15 is 0 Å². The van der Waals surface area contributed by atoms with E-state index in [0.717, 1.165) is 22.5 Å². The molecule has 4 rings (SSSR count). The van der Waals surface area contributed by atoms with Gasteiger partial charge < -0.3 is 19.0 Å². The van der Waals surface area contributed by atoms with Crippen LogP contribution in [0.5, 0.6) is 5.75 Å². The Labute approximate surface area is 150 Å². The monoisotopic (exact) mass is 346 g/mol. The van der Waals surface area contributed by atoms with Gasteiger partial charge in [-0.2, -0.15) is 0 Å². The number of ether oxygens (including phenoxy) is 1. The molecule has 0 atom stereocenters. The van der Waals surface area contributed by atoms with E-state index in [2.05, 4.69) is 5.32 Å². The van der Waals surface area contributed by atoms with Gasteiger partial charge in [-0.25, -0.2) is 0 Å². The van der Waals surface area contributed by atoms with Crippen LogP contribution in [0, 0.1) is 0 Å². The molecular formula is C21H18N2O3. The van der Waals surface area contributed by atoms with Crippen molar-refractivity contribution in [2.24, 2.45) is 7.05 Å². The van der Waals surface area contributed by atoms with Crippen LogP contribution in [0.1, 0.15) is 16.1 Å². The summed E-state index contributed by atoms with van der Waals surface area (Å²) in [4.78, 5) is 12.6. The van der Waals surface area contributed by atoms with Crippen LogP contribution in [0.4, 0.5) is 5.69 Å². The van der Waals surface area contributed by atoms with Crippen molar-refractivity contribution >= 4 is 22.7 Å². The van der Waals surface area contributed by atoms with Crippen molar-refractivity contribution in [1.29, 1.82) is 0 Å². The maximum atomic E-state index is 12.6. The molecule has 0 unspecified atom stereocenters. The molecule has 0 aliphatic rings. The summed E-state index contributed by atoms with van der Waals surface area (Å²) in [6.07, 6.45) is 1.61. The lowest BCUT2D eigenvalue weighted by Crippen LogP contribution is -2.15. The predicted octanol–water partition coefficient (Wildman–Crippen LogP) is 4.60. The van der Waals surface area contributed by atoms with Gasteiger partial charge in [0.25, 0.3) is 5.91 Å². The van der Waals surface area contributed by atoms with Crippen molar-refractivity contribution in [3.05, 3.63) is 84.3 Å². The first-order valence-corrected chi connectivity index (χ1v) is 8.32. The number of amides is 1. The first kappa shape index (κ1) is 16.0. The van der Waals surface area contributed by atoms with E-state index in [1.807, 2.05) is 72.3 Å². The summed E-state index contributed by atoms with van der Waals surface area (Å²) in [5, 5.41) is 2.93.